The van der Waals surface area contributed by atoms with Gasteiger partial charge in [-0.05, 0) is 80.9 Å². The van der Waals surface area contributed by atoms with E-state index in [4.69, 9.17) is 24.1 Å². The number of hydrogen-bond donors (Lipinski definition) is 0. The molecule has 3 aliphatic rings. The molecule has 0 spiro atoms. The molecule has 5 nitrogen and oxygen atoms in total. The quantitative estimate of drug-likeness (QED) is 0.164. The van der Waals surface area contributed by atoms with E-state index in [9.17, 15) is 0 Å². The smallest absolute Gasteiger partial charge is 0.164 e. The van der Waals surface area contributed by atoms with E-state index in [-0.39, 0.29) is 12.0 Å². The van der Waals surface area contributed by atoms with Gasteiger partial charge in [-0.15, -0.1) is 0 Å². The molecular weight excluding hydrogens is 711 g/mol. The molecule has 0 bridgehead atoms. The molecule has 0 radical (unpaired) electrons. The average molecular weight is 746 g/mol. The first-order chi connectivity index (χ1) is 28.7. The number of allylic oxidation sites excluding steroid dienone is 6. The third kappa shape index (κ3) is 5.20. The first kappa shape index (κ1) is 32.8. The third-order valence-electron chi connectivity index (χ3n) is 12.0. The van der Waals surface area contributed by atoms with Crippen molar-refractivity contribution in [3.05, 3.63) is 193 Å². The topological polar surface area (TPSA) is 61.0 Å². The summed E-state index contributed by atoms with van der Waals surface area (Å²) >= 11 is 0. The molecule has 2 unspecified atom stereocenters. The second-order valence-electron chi connectivity index (χ2n) is 15.3. The molecule has 12 rings (SSSR count). The zero-order valence-electron chi connectivity index (χ0n) is 31.5. The minimum Gasteiger partial charge on any atom is -0.484 e. The summed E-state index contributed by atoms with van der Waals surface area (Å²) in [5, 5.41) is 7.04. The molecular formula is C53H35N3O2. The van der Waals surface area contributed by atoms with Crippen molar-refractivity contribution < 1.29 is 9.15 Å². The molecule has 2 aliphatic carbocycles. The van der Waals surface area contributed by atoms with E-state index >= 15 is 0 Å². The lowest BCUT2D eigenvalue weighted by atomic mass is 9.79. The number of benzene rings is 7. The minimum atomic E-state index is -0.165. The van der Waals surface area contributed by atoms with Crippen molar-refractivity contribution in [3.63, 3.8) is 0 Å². The van der Waals surface area contributed by atoms with Crippen LogP contribution in [0.25, 0.3) is 88.5 Å². The molecule has 0 saturated heterocycles. The summed E-state index contributed by atoms with van der Waals surface area (Å²) in [5.74, 6) is 2.92. The molecule has 5 heteroatoms. The summed E-state index contributed by atoms with van der Waals surface area (Å²) < 4.78 is 13.2. The van der Waals surface area contributed by atoms with Crippen LogP contribution in [0.3, 0.4) is 0 Å². The number of aromatic nitrogens is 3. The van der Waals surface area contributed by atoms with Crippen LogP contribution in [0.2, 0.25) is 0 Å². The van der Waals surface area contributed by atoms with Gasteiger partial charge in [0.25, 0.3) is 0 Å². The Hall–Kier alpha value is -7.37. The van der Waals surface area contributed by atoms with Crippen LogP contribution >= 0.6 is 0 Å². The lowest BCUT2D eigenvalue weighted by Crippen LogP contribution is -2.19. The normalized spacial score (nSPS) is 17.0. The Labute approximate surface area is 335 Å². The number of fused-ring (bicyclic) bond motifs is 9. The van der Waals surface area contributed by atoms with E-state index < -0.39 is 0 Å². The van der Waals surface area contributed by atoms with Gasteiger partial charge in [-0.3, -0.25) is 0 Å². The maximum absolute atomic E-state index is 6.96. The average Bonchev–Trinajstić information content (AvgIpc) is 3.88. The van der Waals surface area contributed by atoms with Crippen molar-refractivity contribution in [2.75, 3.05) is 0 Å². The Balaban J connectivity index is 0.992. The van der Waals surface area contributed by atoms with Gasteiger partial charge in [0, 0.05) is 33.0 Å². The summed E-state index contributed by atoms with van der Waals surface area (Å²) in [7, 11) is 0. The molecule has 2 atom stereocenters. The van der Waals surface area contributed by atoms with Gasteiger partial charge in [-0.1, -0.05) is 152 Å². The maximum Gasteiger partial charge on any atom is 0.164 e. The van der Waals surface area contributed by atoms with Crippen LogP contribution in [-0.4, -0.2) is 21.1 Å². The largest absolute Gasteiger partial charge is 0.484 e. The fraction of sp³-hybridized carbons (Fsp3) is 0.0755. The third-order valence-corrected chi connectivity index (χ3v) is 12.0. The molecule has 1 aliphatic heterocycles. The van der Waals surface area contributed by atoms with Crippen molar-refractivity contribution in [1.29, 1.82) is 0 Å². The standard InChI is InChI=1S/C53H35N3O2/c1-2-14-33(15-3-1)51-54-52(35-29-30-37-34(31-35)28-27-32-13-4-5-16-36(32)37)56-53(55-51)42-18-7-6-17-38(42)39-20-11-26-47-49(39)44-23-10-22-41(50(44)58-47)40-21-12-25-46-48(40)43-19-8-9-24-45(43)57-46/h1-2,4-14,16-31,47,49H,3,15H2. The predicted octanol–water partition coefficient (Wildman–Crippen LogP) is 13.3. The number of nitrogens with zero attached hydrogens (tertiary/aromatic N) is 3. The van der Waals surface area contributed by atoms with Crippen LogP contribution in [0.15, 0.2) is 180 Å². The van der Waals surface area contributed by atoms with Gasteiger partial charge in [0.15, 0.2) is 17.5 Å². The van der Waals surface area contributed by atoms with E-state index in [0.29, 0.717) is 17.5 Å². The Bertz CT molecular complexity index is 3290. The minimum absolute atomic E-state index is 0.0244. The highest BCUT2D eigenvalue weighted by Crippen LogP contribution is 2.53. The van der Waals surface area contributed by atoms with Crippen LogP contribution in [0.1, 0.15) is 35.7 Å². The molecule has 9 aromatic rings. The number of rotatable bonds is 5. The van der Waals surface area contributed by atoms with Gasteiger partial charge in [0.05, 0.1) is 5.92 Å². The molecule has 7 aromatic carbocycles. The zero-order chi connectivity index (χ0) is 38.2. The van der Waals surface area contributed by atoms with Crippen molar-refractivity contribution >= 4 is 54.6 Å². The molecule has 274 valence electrons. The molecule has 58 heavy (non-hydrogen) atoms. The highest BCUT2D eigenvalue weighted by atomic mass is 16.5. The van der Waals surface area contributed by atoms with Crippen LogP contribution in [-0.2, 0) is 0 Å². The van der Waals surface area contributed by atoms with Crippen molar-refractivity contribution in [3.8, 4) is 39.7 Å². The second kappa shape index (κ2) is 13.1. The van der Waals surface area contributed by atoms with Crippen molar-refractivity contribution in [1.82, 2.24) is 15.0 Å². The second-order valence-corrected chi connectivity index (χ2v) is 15.3. The molecule has 0 N–H and O–H groups in total. The highest BCUT2D eigenvalue weighted by Gasteiger charge is 2.39. The van der Waals surface area contributed by atoms with Gasteiger partial charge in [0.2, 0.25) is 0 Å². The lowest BCUT2D eigenvalue weighted by Gasteiger charge is -2.24. The number of hydrogen-bond acceptors (Lipinski definition) is 5. The molecule has 0 amide bonds. The van der Waals surface area contributed by atoms with E-state index in [1.165, 1.54) is 21.7 Å². The molecule has 2 aromatic heterocycles. The maximum atomic E-state index is 6.96. The van der Waals surface area contributed by atoms with E-state index in [0.717, 1.165) is 84.9 Å². The summed E-state index contributed by atoms with van der Waals surface area (Å²) in [6, 6.07) is 49.1. The number of para-hydroxylation sites is 2. The molecule has 3 heterocycles. The Morgan fingerprint density at radius 1 is 0.534 bits per heavy atom. The first-order valence-electron chi connectivity index (χ1n) is 20.0. The van der Waals surface area contributed by atoms with Crippen molar-refractivity contribution in [2.45, 2.75) is 24.9 Å². The van der Waals surface area contributed by atoms with Crippen LogP contribution in [0.4, 0.5) is 0 Å². The molecule has 0 fully saturated rings. The Morgan fingerprint density at radius 2 is 1.28 bits per heavy atom. The van der Waals surface area contributed by atoms with Crippen LogP contribution in [0, 0.1) is 0 Å². The summed E-state index contributed by atoms with van der Waals surface area (Å²) in [6.07, 6.45) is 14.7. The Morgan fingerprint density at radius 3 is 2.21 bits per heavy atom. The highest BCUT2D eigenvalue weighted by molar-refractivity contribution is 6.13. The summed E-state index contributed by atoms with van der Waals surface area (Å²) in [4.78, 5) is 15.7. The lowest BCUT2D eigenvalue weighted by molar-refractivity contribution is 0.272. The van der Waals surface area contributed by atoms with Gasteiger partial charge in [-0.2, -0.15) is 0 Å². The van der Waals surface area contributed by atoms with E-state index in [1.54, 1.807) is 0 Å². The van der Waals surface area contributed by atoms with Crippen LogP contribution in [0.5, 0.6) is 5.75 Å². The monoisotopic (exact) mass is 745 g/mol. The fourth-order valence-corrected chi connectivity index (χ4v) is 9.29. The number of ether oxygens (including phenoxy) is 1. The van der Waals surface area contributed by atoms with Gasteiger partial charge >= 0.3 is 0 Å². The molecule has 0 saturated carbocycles. The van der Waals surface area contributed by atoms with Crippen LogP contribution < -0.4 is 4.74 Å². The van der Waals surface area contributed by atoms with Crippen molar-refractivity contribution in [2.24, 2.45) is 0 Å². The fourth-order valence-electron chi connectivity index (χ4n) is 9.29. The summed E-state index contributed by atoms with van der Waals surface area (Å²) in [5.41, 5.74) is 10.4. The number of furan rings is 1. The first-order valence-corrected chi connectivity index (χ1v) is 20.0. The predicted molar refractivity (Wildman–Crippen MR) is 235 cm³/mol. The zero-order valence-corrected chi connectivity index (χ0v) is 31.5. The summed E-state index contributed by atoms with van der Waals surface area (Å²) in [6.45, 7) is 0. The van der Waals surface area contributed by atoms with Gasteiger partial charge in [-0.25, -0.2) is 15.0 Å². The van der Waals surface area contributed by atoms with E-state index in [2.05, 4.69) is 158 Å². The SMILES string of the molecule is C1=CCCC(c2nc(-c3ccc4c(ccc5ccccc54)c3)nc(-c3ccccc3C3=CC=CC4Oc5c(-c6cccc7oc8ccccc8c67)cccc5C34)n2)=C1. The Kier molecular flexibility index (Phi) is 7.42. The van der Waals surface area contributed by atoms with Gasteiger partial charge < -0.3 is 9.15 Å². The van der Waals surface area contributed by atoms with Gasteiger partial charge in [0.1, 0.15) is 23.0 Å². The van der Waals surface area contributed by atoms with E-state index in [1.807, 2.05) is 18.2 Å².